The summed E-state index contributed by atoms with van der Waals surface area (Å²) < 4.78 is 1.53. The Labute approximate surface area is 138 Å². The lowest BCUT2D eigenvalue weighted by atomic mass is 10.1. The van der Waals surface area contributed by atoms with Crippen LogP contribution in [-0.4, -0.2) is 32.1 Å². The van der Waals surface area contributed by atoms with E-state index in [9.17, 15) is 4.79 Å². The van der Waals surface area contributed by atoms with Crippen LogP contribution in [0, 0.1) is 0 Å². The third-order valence-electron chi connectivity index (χ3n) is 3.10. The number of hydrogen-bond acceptors (Lipinski definition) is 4. The molecule has 1 heterocycles. The van der Waals surface area contributed by atoms with Crippen molar-refractivity contribution in [3.05, 3.63) is 40.1 Å². The topological polar surface area (TPSA) is 80.0 Å². The monoisotopic (exact) mass is 342 g/mol. The maximum absolute atomic E-state index is 11.1. The third-order valence-corrected chi connectivity index (χ3v) is 3.64. The first-order chi connectivity index (χ1) is 10.5. The number of carboxylic acids is 1. The second-order valence-electron chi connectivity index (χ2n) is 4.81. The Morgan fingerprint density at radius 2 is 2.23 bits per heavy atom. The number of carbonyl (C=O) groups is 1. The average Bonchev–Trinajstić information content (AvgIpc) is 2.91. The van der Waals surface area contributed by atoms with E-state index in [0.29, 0.717) is 34.4 Å². The van der Waals surface area contributed by atoms with Crippen LogP contribution in [0.1, 0.15) is 25.5 Å². The maximum Gasteiger partial charge on any atom is 0.320 e. The summed E-state index contributed by atoms with van der Waals surface area (Å²) >= 11 is 12.0. The van der Waals surface area contributed by atoms with Gasteiger partial charge in [0, 0.05) is 11.6 Å². The van der Waals surface area contributed by atoms with E-state index in [4.69, 9.17) is 28.3 Å². The van der Waals surface area contributed by atoms with E-state index in [0.717, 1.165) is 6.42 Å². The van der Waals surface area contributed by atoms with Gasteiger partial charge in [0.05, 0.1) is 22.6 Å². The molecular weight excluding hydrogens is 327 g/mol. The zero-order chi connectivity index (χ0) is 16.1. The van der Waals surface area contributed by atoms with Gasteiger partial charge in [0.2, 0.25) is 0 Å². The van der Waals surface area contributed by atoms with Gasteiger partial charge in [0.25, 0.3) is 0 Å². The summed E-state index contributed by atoms with van der Waals surface area (Å²) in [6.07, 6.45) is 3.05. The van der Waals surface area contributed by atoms with Crippen LogP contribution in [-0.2, 0) is 11.3 Å². The highest BCUT2D eigenvalue weighted by atomic mass is 35.5. The maximum atomic E-state index is 11.1. The lowest BCUT2D eigenvalue weighted by Crippen LogP contribution is -2.36. The van der Waals surface area contributed by atoms with E-state index in [2.05, 4.69) is 15.6 Å². The molecule has 0 saturated carbocycles. The van der Waals surface area contributed by atoms with Gasteiger partial charge in [-0.1, -0.05) is 41.8 Å². The molecule has 0 spiro atoms. The molecular formula is C14H16Cl2N4O2. The molecule has 8 heteroatoms. The van der Waals surface area contributed by atoms with Crippen molar-refractivity contribution in [1.82, 2.24) is 20.3 Å². The molecule has 22 heavy (non-hydrogen) atoms. The van der Waals surface area contributed by atoms with Crippen LogP contribution in [0.15, 0.2) is 24.4 Å². The van der Waals surface area contributed by atoms with Crippen LogP contribution < -0.4 is 5.32 Å². The van der Waals surface area contributed by atoms with Crippen LogP contribution in [0.2, 0.25) is 10.0 Å². The summed E-state index contributed by atoms with van der Waals surface area (Å²) in [6.45, 7) is 2.26. The molecule has 2 N–H and O–H groups in total. The predicted molar refractivity (Wildman–Crippen MR) is 84.6 cm³/mol. The van der Waals surface area contributed by atoms with Crippen molar-refractivity contribution in [3.8, 4) is 5.69 Å². The van der Waals surface area contributed by atoms with Crippen LogP contribution in [0.4, 0.5) is 0 Å². The first-order valence-electron chi connectivity index (χ1n) is 6.84. The minimum Gasteiger partial charge on any atom is -0.480 e. The Morgan fingerprint density at radius 1 is 1.45 bits per heavy atom. The number of aromatic nitrogens is 3. The third kappa shape index (κ3) is 4.19. The largest absolute Gasteiger partial charge is 0.480 e. The highest BCUT2D eigenvalue weighted by molar-refractivity contribution is 6.35. The van der Waals surface area contributed by atoms with Crippen molar-refractivity contribution in [3.63, 3.8) is 0 Å². The minimum absolute atomic E-state index is 0.322. The fourth-order valence-electron chi connectivity index (χ4n) is 1.99. The smallest absolute Gasteiger partial charge is 0.320 e. The molecule has 6 nitrogen and oxygen atoms in total. The van der Waals surface area contributed by atoms with Crippen molar-refractivity contribution in [2.75, 3.05) is 0 Å². The normalized spacial score (nSPS) is 12.3. The molecule has 1 aromatic heterocycles. The minimum atomic E-state index is -0.866. The van der Waals surface area contributed by atoms with E-state index < -0.39 is 12.0 Å². The summed E-state index contributed by atoms with van der Waals surface area (Å²) in [5.74, 6) is -0.866. The average molecular weight is 343 g/mol. The second-order valence-corrected chi connectivity index (χ2v) is 5.65. The summed E-state index contributed by atoms with van der Waals surface area (Å²) in [5.41, 5.74) is 1.29. The van der Waals surface area contributed by atoms with Gasteiger partial charge in [-0.15, -0.1) is 5.10 Å². The molecule has 0 aliphatic heterocycles. The van der Waals surface area contributed by atoms with E-state index >= 15 is 0 Å². The lowest BCUT2D eigenvalue weighted by molar-refractivity contribution is -0.139. The first-order valence-corrected chi connectivity index (χ1v) is 7.59. The van der Waals surface area contributed by atoms with Gasteiger partial charge in [-0.3, -0.25) is 10.1 Å². The molecule has 0 amide bonds. The van der Waals surface area contributed by atoms with E-state index in [-0.39, 0.29) is 0 Å². The fraction of sp³-hybridized carbons (Fsp3) is 0.357. The van der Waals surface area contributed by atoms with Crippen molar-refractivity contribution in [1.29, 1.82) is 0 Å². The van der Waals surface area contributed by atoms with E-state index in [1.807, 2.05) is 6.92 Å². The van der Waals surface area contributed by atoms with Gasteiger partial charge < -0.3 is 5.11 Å². The summed E-state index contributed by atoms with van der Waals surface area (Å²) in [5, 5.41) is 21.1. The second kappa shape index (κ2) is 7.58. The van der Waals surface area contributed by atoms with Gasteiger partial charge in [-0.25, -0.2) is 4.68 Å². The summed E-state index contributed by atoms with van der Waals surface area (Å²) in [4.78, 5) is 11.1. The van der Waals surface area contributed by atoms with Crippen LogP contribution in [0.3, 0.4) is 0 Å². The number of hydrogen-bond donors (Lipinski definition) is 2. The van der Waals surface area contributed by atoms with Gasteiger partial charge in [-0.05, 0) is 24.6 Å². The number of nitrogens with one attached hydrogen (secondary N) is 1. The number of benzene rings is 1. The van der Waals surface area contributed by atoms with Gasteiger partial charge in [-0.2, -0.15) is 0 Å². The highest BCUT2D eigenvalue weighted by Gasteiger charge is 2.16. The van der Waals surface area contributed by atoms with Gasteiger partial charge >= 0.3 is 5.97 Å². The molecule has 118 valence electrons. The number of halogens is 2. The molecule has 2 aromatic rings. The van der Waals surface area contributed by atoms with E-state index in [1.54, 1.807) is 24.4 Å². The standard InChI is InChI=1S/C14H16Cl2N4O2/c1-2-3-12(14(21)22)17-7-10-8-20(19-18-10)13-5-4-9(15)6-11(13)16/h4-6,8,12,17H,2-3,7H2,1H3,(H,21,22). The lowest BCUT2D eigenvalue weighted by Gasteiger charge is -2.11. The summed E-state index contributed by atoms with van der Waals surface area (Å²) in [6, 6.07) is 4.49. The quantitative estimate of drug-likeness (QED) is 0.808. The zero-order valence-electron chi connectivity index (χ0n) is 12.0. The predicted octanol–water partition coefficient (Wildman–Crippen LogP) is 2.92. The zero-order valence-corrected chi connectivity index (χ0v) is 13.5. The van der Waals surface area contributed by atoms with Crippen LogP contribution in [0.25, 0.3) is 5.69 Å². The van der Waals surface area contributed by atoms with Crippen molar-refractivity contribution < 1.29 is 9.90 Å². The Morgan fingerprint density at radius 3 is 2.86 bits per heavy atom. The molecule has 1 aromatic carbocycles. The molecule has 1 atom stereocenters. The molecule has 0 aliphatic rings. The number of carboxylic acid groups (broad SMARTS) is 1. The highest BCUT2D eigenvalue weighted by Crippen LogP contribution is 2.23. The van der Waals surface area contributed by atoms with Crippen molar-refractivity contribution in [2.45, 2.75) is 32.4 Å². The van der Waals surface area contributed by atoms with Gasteiger partial charge in [0.1, 0.15) is 6.04 Å². The Bertz CT molecular complexity index is 660. The van der Waals surface area contributed by atoms with Crippen LogP contribution >= 0.6 is 23.2 Å². The molecule has 0 aliphatic carbocycles. The molecule has 0 fully saturated rings. The first kappa shape index (κ1) is 16.7. The Kier molecular flexibility index (Phi) is 5.76. The Hall–Kier alpha value is -1.63. The molecule has 1 unspecified atom stereocenters. The number of rotatable bonds is 7. The van der Waals surface area contributed by atoms with E-state index in [1.165, 1.54) is 4.68 Å². The van der Waals surface area contributed by atoms with Gasteiger partial charge in [0.15, 0.2) is 0 Å². The van der Waals surface area contributed by atoms with Crippen LogP contribution in [0.5, 0.6) is 0 Å². The van der Waals surface area contributed by atoms with Crippen molar-refractivity contribution in [2.24, 2.45) is 0 Å². The molecule has 0 saturated heterocycles. The number of aliphatic carboxylic acids is 1. The fourth-order valence-corrected chi connectivity index (χ4v) is 2.49. The number of nitrogens with zero attached hydrogens (tertiary/aromatic N) is 3. The molecule has 0 radical (unpaired) electrons. The Balaban J connectivity index is 2.06. The van der Waals surface area contributed by atoms with Crippen molar-refractivity contribution >= 4 is 29.2 Å². The SMILES string of the molecule is CCCC(NCc1cn(-c2ccc(Cl)cc2Cl)nn1)C(=O)O. The molecule has 0 bridgehead atoms. The summed E-state index contributed by atoms with van der Waals surface area (Å²) in [7, 11) is 0. The molecule has 2 rings (SSSR count).